The highest BCUT2D eigenvalue weighted by molar-refractivity contribution is 5.11. The topological polar surface area (TPSA) is 27.7 Å². The molecular formula is C25H34O3. The molecule has 28 heavy (non-hydrogen) atoms. The highest BCUT2D eigenvalue weighted by atomic mass is 16.8. The van der Waals surface area contributed by atoms with Gasteiger partial charge in [0, 0.05) is 0 Å². The van der Waals surface area contributed by atoms with Gasteiger partial charge in [0.1, 0.15) is 0 Å². The molecule has 6 aliphatic carbocycles. The Bertz CT molecular complexity index is 576. The van der Waals surface area contributed by atoms with E-state index in [-0.39, 0.29) is 0 Å². The van der Waals surface area contributed by atoms with E-state index in [2.05, 4.69) is 36.5 Å². The summed E-state index contributed by atoms with van der Waals surface area (Å²) in [5.74, 6) is 6.49. The van der Waals surface area contributed by atoms with Gasteiger partial charge in [-0.15, -0.1) is 0 Å². The second kappa shape index (κ2) is 7.41. The summed E-state index contributed by atoms with van der Waals surface area (Å²) in [7, 11) is 0. The molecule has 0 aromatic rings. The molecule has 0 aliphatic heterocycles. The van der Waals surface area contributed by atoms with Gasteiger partial charge in [-0.25, -0.2) is 0 Å². The second-order valence-corrected chi connectivity index (χ2v) is 10.4. The van der Waals surface area contributed by atoms with Crippen LogP contribution < -0.4 is 0 Å². The van der Waals surface area contributed by atoms with Crippen LogP contribution in [0, 0.1) is 53.3 Å². The van der Waals surface area contributed by atoms with Crippen molar-refractivity contribution in [2.24, 2.45) is 53.3 Å². The fourth-order valence-electron chi connectivity index (χ4n) is 7.01. The molecule has 0 N–H and O–H groups in total. The number of fused-ring (bicyclic) bond motifs is 6. The zero-order chi connectivity index (χ0) is 18.5. The smallest absolute Gasteiger partial charge is 0.271 e. The second-order valence-electron chi connectivity index (χ2n) is 10.4. The van der Waals surface area contributed by atoms with E-state index >= 15 is 0 Å². The van der Waals surface area contributed by atoms with Crippen molar-refractivity contribution in [3.8, 4) is 0 Å². The summed E-state index contributed by atoms with van der Waals surface area (Å²) in [6, 6.07) is 0. The lowest BCUT2D eigenvalue weighted by Gasteiger charge is -2.27. The number of rotatable bonds is 9. The predicted octanol–water partition coefficient (Wildman–Crippen LogP) is 4.96. The van der Waals surface area contributed by atoms with Crippen molar-refractivity contribution < 1.29 is 14.2 Å². The molecule has 0 saturated heterocycles. The van der Waals surface area contributed by atoms with Crippen molar-refractivity contribution in [3.63, 3.8) is 0 Å². The van der Waals surface area contributed by atoms with Gasteiger partial charge in [-0.2, -0.15) is 0 Å². The minimum Gasteiger partial charge on any atom is -0.330 e. The fraction of sp³-hybridized carbons (Fsp3) is 0.760. The Morgan fingerprint density at radius 1 is 0.500 bits per heavy atom. The summed E-state index contributed by atoms with van der Waals surface area (Å²) >= 11 is 0. The highest BCUT2D eigenvalue weighted by Crippen LogP contribution is 2.46. The van der Waals surface area contributed by atoms with E-state index < -0.39 is 6.48 Å². The molecule has 6 aliphatic rings. The van der Waals surface area contributed by atoms with Crippen LogP contribution in [0.3, 0.4) is 0 Å². The van der Waals surface area contributed by atoms with Gasteiger partial charge in [-0.05, 0) is 91.8 Å². The fourth-order valence-corrected chi connectivity index (χ4v) is 7.01. The zero-order valence-corrected chi connectivity index (χ0v) is 16.8. The molecule has 3 heteroatoms. The van der Waals surface area contributed by atoms with Crippen molar-refractivity contribution >= 4 is 0 Å². The number of hydrogen-bond donors (Lipinski definition) is 0. The first-order chi connectivity index (χ1) is 13.8. The van der Waals surface area contributed by atoms with Gasteiger partial charge >= 0.3 is 0 Å². The van der Waals surface area contributed by atoms with E-state index in [0.717, 1.165) is 55.3 Å². The summed E-state index contributed by atoms with van der Waals surface area (Å²) in [4.78, 5) is 0. The lowest BCUT2D eigenvalue weighted by Crippen LogP contribution is -2.30. The first kappa shape index (κ1) is 17.9. The third-order valence-corrected chi connectivity index (χ3v) is 8.59. The lowest BCUT2D eigenvalue weighted by molar-refractivity contribution is -0.300. The van der Waals surface area contributed by atoms with Crippen LogP contribution in [0.25, 0.3) is 0 Å². The van der Waals surface area contributed by atoms with Crippen molar-refractivity contribution in [2.45, 2.75) is 45.0 Å². The van der Waals surface area contributed by atoms with E-state index in [0.29, 0.717) is 17.8 Å². The summed E-state index contributed by atoms with van der Waals surface area (Å²) in [6.07, 6.45) is 22.2. The monoisotopic (exact) mass is 382 g/mol. The Labute approximate surface area is 169 Å². The maximum atomic E-state index is 6.24. The van der Waals surface area contributed by atoms with E-state index in [1.807, 2.05) is 0 Å². The van der Waals surface area contributed by atoms with Gasteiger partial charge in [0.05, 0.1) is 19.8 Å². The molecule has 6 bridgehead atoms. The Balaban J connectivity index is 1.03. The van der Waals surface area contributed by atoms with Gasteiger partial charge in [0.15, 0.2) is 0 Å². The normalized spacial score (nSPS) is 47.8. The van der Waals surface area contributed by atoms with Crippen LogP contribution >= 0.6 is 0 Å². The molecule has 9 atom stereocenters. The maximum absolute atomic E-state index is 6.24. The molecule has 0 heterocycles. The van der Waals surface area contributed by atoms with Crippen LogP contribution in [0.1, 0.15) is 38.5 Å². The molecule has 3 saturated carbocycles. The van der Waals surface area contributed by atoms with Crippen molar-refractivity contribution in [3.05, 3.63) is 36.5 Å². The van der Waals surface area contributed by atoms with Crippen LogP contribution in [0.5, 0.6) is 0 Å². The molecule has 0 spiro atoms. The van der Waals surface area contributed by atoms with Gasteiger partial charge in [-0.3, -0.25) is 0 Å². The molecule has 0 amide bonds. The molecule has 0 aromatic heterocycles. The lowest BCUT2D eigenvalue weighted by atomic mass is 9.94. The molecule has 0 radical (unpaired) electrons. The third kappa shape index (κ3) is 3.44. The highest BCUT2D eigenvalue weighted by Gasteiger charge is 2.39. The van der Waals surface area contributed by atoms with Crippen molar-refractivity contribution in [1.82, 2.24) is 0 Å². The van der Waals surface area contributed by atoms with Crippen LogP contribution in [-0.4, -0.2) is 26.3 Å². The molecule has 3 fully saturated rings. The average molecular weight is 383 g/mol. The minimum atomic E-state index is -0.477. The quantitative estimate of drug-likeness (QED) is 0.417. The largest absolute Gasteiger partial charge is 0.330 e. The van der Waals surface area contributed by atoms with Gasteiger partial charge in [0.25, 0.3) is 6.48 Å². The molecule has 6 rings (SSSR count). The average Bonchev–Trinajstić information content (AvgIpc) is 3.54. The Kier molecular flexibility index (Phi) is 4.74. The van der Waals surface area contributed by atoms with Crippen molar-refractivity contribution in [1.29, 1.82) is 0 Å². The summed E-state index contributed by atoms with van der Waals surface area (Å²) < 4.78 is 18.7. The summed E-state index contributed by atoms with van der Waals surface area (Å²) in [5, 5.41) is 0. The van der Waals surface area contributed by atoms with Gasteiger partial charge in [0.2, 0.25) is 0 Å². The molecule has 3 nitrogen and oxygen atoms in total. The number of ether oxygens (including phenoxy) is 3. The minimum absolute atomic E-state index is 0.477. The molecule has 0 aromatic carbocycles. The predicted molar refractivity (Wildman–Crippen MR) is 108 cm³/mol. The Morgan fingerprint density at radius 3 is 1.11 bits per heavy atom. The van der Waals surface area contributed by atoms with E-state index in [4.69, 9.17) is 14.2 Å². The van der Waals surface area contributed by atoms with E-state index in [1.165, 1.54) is 38.5 Å². The number of hydrogen-bond acceptors (Lipinski definition) is 3. The van der Waals surface area contributed by atoms with Gasteiger partial charge < -0.3 is 14.2 Å². The molecule has 152 valence electrons. The maximum Gasteiger partial charge on any atom is 0.271 e. The first-order valence-electron chi connectivity index (χ1n) is 11.7. The van der Waals surface area contributed by atoms with Crippen LogP contribution in [-0.2, 0) is 14.2 Å². The van der Waals surface area contributed by atoms with E-state index in [9.17, 15) is 0 Å². The number of allylic oxidation sites excluding steroid dienone is 6. The van der Waals surface area contributed by atoms with Crippen LogP contribution in [0.15, 0.2) is 36.5 Å². The third-order valence-electron chi connectivity index (χ3n) is 8.59. The van der Waals surface area contributed by atoms with Crippen molar-refractivity contribution in [2.75, 3.05) is 19.8 Å². The van der Waals surface area contributed by atoms with E-state index in [1.54, 1.807) is 0 Å². The van der Waals surface area contributed by atoms with Gasteiger partial charge in [-0.1, -0.05) is 36.5 Å². The van der Waals surface area contributed by atoms with Crippen LogP contribution in [0.2, 0.25) is 0 Å². The Hall–Kier alpha value is -0.900. The van der Waals surface area contributed by atoms with Crippen LogP contribution in [0.4, 0.5) is 0 Å². The standard InChI is InChI=1S/C25H34O3/c1-4-19-7-16(1)10-22(19)13-26-25(27-14-23-11-17-2-5-20(23)8-17)28-15-24-12-18-3-6-21(24)9-18/h1-6,16-25H,7-15H2. The SMILES string of the molecule is C1=CC2CC1CC2COC(OCC1CC2C=CC1C2)OCC1CC2C=CC1C2. The first-order valence-corrected chi connectivity index (χ1v) is 11.7. The zero-order valence-electron chi connectivity index (χ0n) is 16.8. The molecule has 9 unspecified atom stereocenters. The summed E-state index contributed by atoms with van der Waals surface area (Å²) in [6.45, 7) is 1.87. The Morgan fingerprint density at radius 2 is 0.857 bits per heavy atom. The molecular weight excluding hydrogens is 348 g/mol. The summed E-state index contributed by atoms with van der Waals surface area (Å²) in [5.41, 5.74) is 0.